The zero-order chi connectivity index (χ0) is 31.4. The van der Waals surface area contributed by atoms with Gasteiger partial charge in [0.15, 0.2) is 5.82 Å². The lowest BCUT2D eigenvalue weighted by Crippen LogP contribution is -2.47. The van der Waals surface area contributed by atoms with E-state index in [1.807, 2.05) is 18.2 Å². The molecular weight excluding hydrogens is 589 g/mol. The summed E-state index contributed by atoms with van der Waals surface area (Å²) in [5.41, 5.74) is 9.08. The normalized spacial score (nSPS) is 17.2. The second-order valence-corrected chi connectivity index (χ2v) is 11.0. The van der Waals surface area contributed by atoms with Gasteiger partial charge >= 0.3 is 5.97 Å². The van der Waals surface area contributed by atoms with E-state index in [2.05, 4.69) is 15.5 Å². The zero-order valence-corrected chi connectivity index (χ0v) is 24.8. The molecule has 1 atom stereocenters. The van der Waals surface area contributed by atoms with Crippen molar-refractivity contribution in [1.29, 1.82) is 0 Å². The molecule has 2 amide bonds. The van der Waals surface area contributed by atoms with Gasteiger partial charge in [-0.2, -0.15) is 0 Å². The molecule has 2 aliphatic rings. The van der Waals surface area contributed by atoms with Crippen LogP contribution in [0.5, 0.6) is 0 Å². The molecule has 230 valence electrons. The molecule has 10 nitrogen and oxygen atoms in total. The number of hydrogen-bond acceptors (Lipinski definition) is 7. The number of carboxylic acids is 1. The Bertz CT molecular complexity index is 1590. The van der Waals surface area contributed by atoms with Crippen LogP contribution < -0.4 is 21.3 Å². The van der Waals surface area contributed by atoms with Crippen LogP contribution in [0.15, 0.2) is 72.6 Å². The number of amides is 2. The van der Waals surface area contributed by atoms with Gasteiger partial charge < -0.3 is 36.0 Å². The Morgan fingerprint density at radius 1 is 1.05 bits per heavy atom. The van der Waals surface area contributed by atoms with Crippen molar-refractivity contribution < 1.29 is 28.6 Å². The highest BCUT2D eigenvalue weighted by Crippen LogP contribution is 2.38. The molecule has 1 saturated heterocycles. The summed E-state index contributed by atoms with van der Waals surface area (Å²) >= 11 is 5.86. The molecule has 1 fully saturated rings. The largest absolute Gasteiger partial charge is 0.478 e. The number of nitrogens with two attached hydrogens (primary N) is 1. The first kappa shape index (κ1) is 30.8. The maximum Gasteiger partial charge on any atom is 0.335 e. The van der Waals surface area contributed by atoms with Crippen molar-refractivity contribution in [2.24, 2.45) is 5.73 Å². The molecule has 5 rings (SSSR count). The van der Waals surface area contributed by atoms with Gasteiger partial charge in [-0.3, -0.25) is 9.59 Å². The van der Waals surface area contributed by atoms with Crippen molar-refractivity contribution >= 4 is 46.4 Å². The van der Waals surface area contributed by atoms with Gasteiger partial charge in [0.1, 0.15) is 11.7 Å². The summed E-state index contributed by atoms with van der Waals surface area (Å²) in [6.07, 6.45) is 3.63. The van der Waals surface area contributed by atoms with Crippen LogP contribution in [0, 0.1) is 5.82 Å². The van der Waals surface area contributed by atoms with E-state index in [0.29, 0.717) is 17.7 Å². The first-order chi connectivity index (χ1) is 21.2. The van der Waals surface area contributed by atoms with Crippen LogP contribution in [0.2, 0.25) is 5.02 Å². The van der Waals surface area contributed by atoms with E-state index in [4.69, 9.17) is 22.1 Å². The quantitative estimate of drug-likeness (QED) is 0.264. The van der Waals surface area contributed by atoms with Crippen LogP contribution in [0.25, 0.3) is 0 Å². The summed E-state index contributed by atoms with van der Waals surface area (Å²) in [5, 5.41) is 14.7. The van der Waals surface area contributed by atoms with Gasteiger partial charge in [-0.05, 0) is 72.9 Å². The van der Waals surface area contributed by atoms with E-state index in [0.717, 1.165) is 37.2 Å². The number of carboxylic acid groups (broad SMARTS) is 1. The molecule has 12 heteroatoms. The van der Waals surface area contributed by atoms with Crippen molar-refractivity contribution in [3.8, 4) is 0 Å². The number of nitrogens with one attached hydrogen (secondary N) is 2. The number of nitrogens with zero attached hydrogens (tertiary/aromatic N) is 2. The number of piperidine rings is 1. The number of fused-ring (bicyclic) bond motifs is 1. The van der Waals surface area contributed by atoms with Gasteiger partial charge in [0, 0.05) is 44.3 Å². The molecule has 0 radical (unpaired) electrons. The Hall–Kier alpha value is -4.61. The van der Waals surface area contributed by atoms with Gasteiger partial charge in [0.25, 0.3) is 11.8 Å². The van der Waals surface area contributed by atoms with E-state index >= 15 is 0 Å². The Kier molecular flexibility index (Phi) is 9.36. The lowest BCUT2D eigenvalue weighted by atomic mass is 9.89. The first-order valence-corrected chi connectivity index (χ1v) is 14.6. The highest BCUT2D eigenvalue weighted by molar-refractivity contribution is 6.31. The topological polar surface area (TPSA) is 137 Å². The van der Waals surface area contributed by atoms with E-state index in [1.54, 1.807) is 13.2 Å². The Morgan fingerprint density at radius 2 is 1.75 bits per heavy atom. The molecule has 5 N–H and O–H groups in total. The van der Waals surface area contributed by atoms with Crippen LogP contribution in [-0.2, 0) is 20.7 Å². The van der Waals surface area contributed by atoms with Crippen molar-refractivity contribution in [3.05, 3.63) is 100 Å². The van der Waals surface area contributed by atoms with Crippen molar-refractivity contribution in [2.75, 3.05) is 42.3 Å². The smallest absolute Gasteiger partial charge is 0.335 e. The fourth-order valence-corrected chi connectivity index (χ4v) is 5.86. The van der Waals surface area contributed by atoms with Gasteiger partial charge in [0.2, 0.25) is 0 Å². The third kappa shape index (κ3) is 6.48. The van der Waals surface area contributed by atoms with Crippen LogP contribution in [0.3, 0.4) is 0 Å². The van der Waals surface area contributed by atoms with Crippen LogP contribution in [0.1, 0.15) is 40.4 Å². The second-order valence-electron chi connectivity index (χ2n) is 10.6. The van der Waals surface area contributed by atoms with Crippen molar-refractivity contribution in [2.45, 2.75) is 31.4 Å². The van der Waals surface area contributed by atoms with E-state index < -0.39 is 29.6 Å². The number of carbonyl (C=O) groups excluding carboxylic acids is 2. The minimum absolute atomic E-state index is 0.0400. The number of halogens is 2. The maximum absolute atomic E-state index is 14.4. The van der Waals surface area contributed by atoms with Gasteiger partial charge in [-0.1, -0.05) is 29.8 Å². The predicted molar refractivity (Wildman–Crippen MR) is 166 cm³/mol. The molecule has 0 aromatic heterocycles. The fourth-order valence-electron chi connectivity index (χ4n) is 5.69. The minimum Gasteiger partial charge on any atom is -0.478 e. The molecule has 0 saturated carbocycles. The summed E-state index contributed by atoms with van der Waals surface area (Å²) in [5.74, 6) is -2.88. The average Bonchev–Trinajstić information content (AvgIpc) is 3.04. The van der Waals surface area contributed by atoms with E-state index in [-0.39, 0.29) is 34.6 Å². The second kappa shape index (κ2) is 13.4. The molecule has 2 aliphatic heterocycles. The highest BCUT2D eigenvalue weighted by atomic mass is 35.5. The van der Waals surface area contributed by atoms with Crippen LogP contribution in [0.4, 0.5) is 21.5 Å². The summed E-state index contributed by atoms with van der Waals surface area (Å²) < 4.78 is 19.9. The minimum atomic E-state index is -1.09. The molecule has 0 aliphatic carbocycles. The summed E-state index contributed by atoms with van der Waals surface area (Å²) in [7, 11) is 1.72. The number of benzene rings is 3. The maximum atomic E-state index is 14.4. The number of anilines is 3. The van der Waals surface area contributed by atoms with Gasteiger partial charge in [-0.25, -0.2) is 9.18 Å². The fraction of sp³-hybridized carbons (Fsp3) is 0.281. The number of methoxy groups -OCH3 is 1. The van der Waals surface area contributed by atoms with E-state index in [9.17, 15) is 23.9 Å². The number of aromatic carboxylic acids is 1. The lowest BCUT2D eigenvalue weighted by molar-refractivity contribution is -0.136. The summed E-state index contributed by atoms with van der Waals surface area (Å²) in [6.45, 7) is 1.80. The van der Waals surface area contributed by atoms with Gasteiger partial charge in [-0.15, -0.1) is 0 Å². The Labute approximate surface area is 259 Å². The first-order valence-electron chi connectivity index (χ1n) is 14.2. The number of rotatable bonds is 8. The molecule has 0 bridgehead atoms. The third-order valence-electron chi connectivity index (χ3n) is 8.00. The molecule has 3 aromatic carbocycles. The molecule has 0 spiro atoms. The number of carbonyl (C=O) groups is 3. The van der Waals surface area contributed by atoms with E-state index in [1.165, 1.54) is 47.5 Å². The standard InChI is InChI=1S/C32H33ClFN5O5/c1-44-21-12-15-38(16-13-21)27-7-2-4-23-22(27)14-17-39(29(23)30(40)37-20-10-8-19(9-11-20)32(42)43)31(41)25(35)18-36-26-6-3-5-24(33)28(26)34/h2-11,18,21,29,36H,12-17,35H2,1H3,(H,37,40)(H,42,43)/b25-18-. The monoisotopic (exact) mass is 621 g/mol. The van der Waals surface area contributed by atoms with Crippen LogP contribution >= 0.6 is 11.6 Å². The molecule has 2 heterocycles. The Morgan fingerprint density at radius 3 is 2.43 bits per heavy atom. The highest BCUT2D eigenvalue weighted by Gasteiger charge is 2.38. The predicted octanol–water partition coefficient (Wildman–Crippen LogP) is 4.77. The number of hydrogen-bond donors (Lipinski definition) is 4. The molecule has 3 aromatic rings. The zero-order valence-electron chi connectivity index (χ0n) is 24.1. The summed E-state index contributed by atoms with van der Waals surface area (Å²) in [4.78, 5) is 42.6. The molecule has 1 unspecified atom stereocenters. The van der Waals surface area contributed by atoms with Crippen molar-refractivity contribution in [1.82, 2.24) is 4.90 Å². The molecular formula is C32H33ClFN5O5. The van der Waals surface area contributed by atoms with Gasteiger partial charge in [0.05, 0.1) is 22.4 Å². The number of ether oxygens (including phenoxy) is 1. The Balaban J connectivity index is 1.46. The van der Waals surface area contributed by atoms with Crippen molar-refractivity contribution in [3.63, 3.8) is 0 Å². The van der Waals surface area contributed by atoms with Crippen LogP contribution in [-0.4, -0.2) is 60.6 Å². The third-order valence-corrected chi connectivity index (χ3v) is 8.29. The lowest BCUT2D eigenvalue weighted by Gasteiger charge is -2.40. The summed E-state index contributed by atoms with van der Waals surface area (Å²) in [6, 6.07) is 14.9. The average molecular weight is 622 g/mol. The SMILES string of the molecule is COC1CCN(c2cccc3c2CCN(C(=O)/C(N)=C/Nc2cccc(Cl)c2F)C3C(=O)Nc2ccc(C(=O)O)cc2)CC1. The molecule has 44 heavy (non-hydrogen) atoms.